The zero-order valence-corrected chi connectivity index (χ0v) is 13.1. The number of piperazine rings is 1. The van der Waals surface area contributed by atoms with Gasteiger partial charge in [-0.15, -0.1) is 12.3 Å². The number of rotatable bonds is 5. The molecule has 0 radical (unpaired) electrons. The molecule has 1 atom stereocenters. The SMILES string of the molecule is C#CCCCCC(=O)N1CCNC(=O)C1c1ccccc1Cl. The zero-order chi connectivity index (χ0) is 15.9. The Morgan fingerprint density at radius 3 is 2.91 bits per heavy atom. The van der Waals surface area contributed by atoms with Crippen LogP contribution in [0.3, 0.4) is 0 Å². The molecular formula is C17H19ClN2O2. The second-order valence-electron chi connectivity index (χ2n) is 5.21. The summed E-state index contributed by atoms with van der Waals surface area (Å²) >= 11 is 6.20. The average Bonchev–Trinajstić information content (AvgIpc) is 2.52. The molecule has 116 valence electrons. The minimum atomic E-state index is -0.650. The third kappa shape index (κ3) is 3.80. The van der Waals surface area contributed by atoms with E-state index >= 15 is 0 Å². The van der Waals surface area contributed by atoms with Crippen molar-refractivity contribution in [3.05, 3.63) is 34.9 Å². The van der Waals surface area contributed by atoms with E-state index in [4.69, 9.17) is 18.0 Å². The van der Waals surface area contributed by atoms with Gasteiger partial charge >= 0.3 is 0 Å². The van der Waals surface area contributed by atoms with Crippen LogP contribution in [0, 0.1) is 12.3 Å². The van der Waals surface area contributed by atoms with Gasteiger partial charge in [0.1, 0.15) is 6.04 Å². The maximum absolute atomic E-state index is 12.5. The number of terminal acetylenes is 1. The van der Waals surface area contributed by atoms with Gasteiger partial charge in [0.15, 0.2) is 0 Å². The fourth-order valence-electron chi connectivity index (χ4n) is 2.59. The van der Waals surface area contributed by atoms with Crippen molar-refractivity contribution in [3.63, 3.8) is 0 Å². The maximum Gasteiger partial charge on any atom is 0.247 e. The molecule has 1 aliphatic rings. The van der Waals surface area contributed by atoms with E-state index in [2.05, 4.69) is 11.2 Å². The lowest BCUT2D eigenvalue weighted by atomic mass is 10.0. The fourth-order valence-corrected chi connectivity index (χ4v) is 2.83. The maximum atomic E-state index is 12.5. The van der Waals surface area contributed by atoms with Crippen LogP contribution in [0.5, 0.6) is 0 Å². The molecule has 1 heterocycles. The number of benzene rings is 1. The van der Waals surface area contributed by atoms with Crippen LogP contribution in [-0.4, -0.2) is 29.8 Å². The van der Waals surface area contributed by atoms with E-state index in [-0.39, 0.29) is 11.8 Å². The Balaban J connectivity index is 2.14. The first-order valence-electron chi connectivity index (χ1n) is 7.40. The van der Waals surface area contributed by atoms with Crippen LogP contribution in [0.2, 0.25) is 5.02 Å². The molecule has 5 heteroatoms. The molecule has 2 amide bonds. The summed E-state index contributed by atoms with van der Waals surface area (Å²) in [5, 5.41) is 3.30. The molecule has 2 rings (SSSR count). The molecule has 22 heavy (non-hydrogen) atoms. The van der Waals surface area contributed by atoms with Gasteiger partial charge in [0.2, 0.25) is 11.8 Å². The highest BCUT2D eigenvalue weighted by Crippen LogP contribution is 2.29. The molecule has 0 aromatic heterocycles. The highest BCUT2D eigenvalue weighted by molar-refractivity contribution is 6.31. The summed E-state index contributed by atoms with van der Waals surface area (Å²) in [4.78, 5) is 26.3. The van der Waals surface area contributed by atoms with Crippen molar-refractivity contribution in [2.45, 2.75) is 31.7 Å². The lowest BCUT2D eigenvalue weighted by Crippen LogP contribution is -2.52. The Morgan fingerprint density at radius 1 is 1.41 bits per heavy atom. The standard InChI is InChI=1S/C17H19ClN2O2/c1-2-3-4-5-10-15(21)20-12-11-19-17(22)16(20)13-8-6-7-9-14(13)18/h1,6-9,16H,3-5,10-12H2,(H,19,22). The van der Waals surface area contributed by atoms with Crippen molar-refractivity contribution >= 4 is 23.4 Å². The van der Waals surface area contributed by atoms with Crippen LogP contribution < -0.4 is 5.32 Å². The van der Waals surface area contributed by atoms with E-state index in [1.165, 1.54) is 0 Å². The molecule has 1 saturated heterocycles. The van der Waals surface area contributed by atoms with Gasteiger partial charge in [0.25, 0.3) is 0 Å². The molecule has 1 fully saturated rings. The molecule has 1 aromatic carbocycles. The molecule has 0 spiro atoms. The van der Waals surface area contributed by atoms with Crippen molar-refractivity contribution in [2.24, 2.45) is 0 Å². The van der Waals surface area contributed by atoms with Gasteiger partial charge in [0, 0.05) is 36.5 Å². The van der Waals surface area contributed by atoms with Crippen LogP contribution in [0.1, 0.15) is 37.3 Å². The first-order chi connectivity index (χ1) is 10.6. The van der Waals surface area contributed by atoms with Gasteiger partial charge in [-0.25, -0.2) is 0 Å². The molecule has 0 bridgehead atoms. The van der Waals surface area contributed by atoms with Crippen molar-refractivity contribution < 1.29 is 9.59 Å². The Morgan fingerprint density at radius 2 is 2.18 bits per heavy atom. The van der Waals surface area contributed by atoms with E-state index < -0.39 is 6.04 Å². The van der Waals surface area contributed by atoms with Gasteiger partial charge in [-0.05, 0) is 18.9 Å². The number of unbranched alkanes of at least 4 members (excludes halogenated alkanes) is 2. The van der Waals surface area contributed by atoms with Crippen molar-refractivity contribution in [1.29, 1.82) is 0 Å². The number of halogens is 1. The Bertz CT molecular complexity index is 595. The summed E-state index contributed by atoms with van der Waals surface area (Å²) < 4.78 is 0. The predicted octanol–water partition coefficient (Wildman–Crippen LogP) is 2.53. The van der Waals surface area contributed by atoms with Gasteiger partial charge in [-0.1, -0.05) is 29.8 Å². The Kier molecular flexibility index (Phi) is 5.85. The second kappa shape index (κ2) is 7.86. The number of amides is 2. The van der Waals surface area contributed by atoms with E-state index in [9.17, 15) is 9.59 Å². The number of nitrogens with one attached hydrogen (secondary N) is 1. The van der Waals surface area contributed by atoms with Gasteiger partial charge in [-0.2, -0.15) is 0 Å². The summed E-state index contributed by atoms with van der Waals surface area (Å²) in [6, 6.07) is 6.49. The second-order valence-corrected chi connectivity index (χ2v) is 5.62. The van der Waals surface area contributed by atoms with E-state index in [1.54, 1.807) is 23.1 Å². The normalized spacial score (nSPS) is 17.7. The highest BCUT2D eigenvalue weighted by Gasteiger charge is 2.34. The van der Waals surface area contributed by atoms with Crippen LogP contribution in [-0.2, 0) is 9.59 Å². The first-order valence-corrected chi connectivity index (χ1v) is 7.78. The summed E-state index contributed by atoms with van der Waals surface area (Å²) in [7, 11) is 0. The van der Waals surface area contributed by atoms with E-state index in [1.807, 2.05) is 6.07 Å². The number of hydrogen-bond acceptors (Lipinski definition) is 2. The third-order valence-electron chi connectivity index (χ3n) is 3.69. The van der Waals surface area contributed by atoms with Gasteiger partial charge in [-0.3, -0.25) is 9.59 Å². The first kappa shape index (κ1) is 16.4. The van der Waals surface area contributed by atoms with Gasteiger partial charge in [0.05, 0.1) is 0 Å². The molecule has 0 aliphatic carbocycles. The van der Waals surface area contributed by atoms with Crippen molar-refractivity contribution in [3.8, 4) is 12.3 Å². The topological polar surface area (TPSA) is 49.4 Å². The minimum absolute atomic E-state index is 0.0307. The zero-order valence-electron chi connectivity index (χ0n) is 12.3. The summed E-state index contributed by atoms with van der Waals surface area (Å²) in [6.45, 7) is 0.964. The molecule has 4 nitrogen and oxygen atoms in total. The highest BCUT2D eigenvalue weighted by atomic mass is 35.5. The molecule has 1 aliphatic heterocycles. The monoisotopic (exact) mass is 318 g/mol. The Hall–Kier alpha value is -1.99. The number of carbonyl (C=O) groups excluding carboxylic acids is 2. The van der Waals surface area contributed by atoms with Gasteiger partial charge < -0.3 is 10.2 Å². The number of nitrogens with zero attached hydrogens (tertiary/aromatic N) is 1. The smallest absolute Gasteiger partial charge is 0.247 e. The molecule has 1 aromatic rings. The predicted molar refractivity (Wildman–Crippen MR) is 86.2 cm³/mol. The third-order valence-corrected chi connectivity index (χ3v) is 4.04. The van der Waals surface area contributed by atoms with Crippen LogP contribution in [0.15, 0.2) is 24.3 Å². The van der Waals surface area contributed by atoms with Crippen molar-refractivity contribution in [1.82, 2.24) is 10.2 Å². The average molecular weight is 319 g/mol. The largest absolute Gasteiger partial charge is 0.352 e. The van der Waals surface area contributed by atoms with Crippen LogP contribution in [0.25, 0.3) is 0 Å². The summed E-state index contributed by atoms with van der Waals surface area (Å²) in [6.07, 6.45) is 7.83. The fraction of sp³-hybridized carbons (Fsp3) is 0.412. The number of hydrogen-bond donors (Lipinski definition) is 1. The lowest BCUT2D eigenvalue weighted by Gasteiger charge is -2.35. The molecule has 0 saturated carbocycles. The van der Waals surface area contributed by atoms with E-state index in [0.29, 0.717) is 36.5 Å². The molecule has 1 N–H and O–H groups in total. The lowest BCUT2D eigenvalue weighted by molar-refractivity contribution is -0.143. The molecule has 1 unspecified atom stereocenters. The van der Waals surface area contributed by atoms with Crippen LogP contribution in [0.4, 0.5) is 0 Å². The summed E-state index contributed by atoms with van der Waals surface area (Å²) in [5.74, 6) is 2.35. The Labute approximate surface area is 135 Å². The molecular weight excluding hydrogens is 300 g/mol. The van der Waals surface area contributed by atoms with Crippen molar-refractivity contribution in [2.75, 3.05) is 13.1 Å². The minimum Gasteiger partial charge on any atom is -0.352 e. The summed E-state index contributed by atoms with van der Waals surface area (Å²) in [5.41, 5.74) is 0.665. The number of carbonyl (C=O) groups is 2. The quantitative estimate of drug-likeness (QED) is 0.670. The van der Waals surface area contributed by atoms with E-state index in [0.717, 1.165) is 12.8 Å². The van der Waals surface area contributed by atoms with Crippen LogP contribution >= 0.6 is 11.6 Å².